The summed E-state index contributed by atoms with van der Waals surface area (Å²) in [5, 5.41) is 3.65. The molecule has 1 aromatic carbocycles. The molecule has 0 radical (unpaired) electrons. The van der Waals surface area contributed by atoms with Crippen molar-refractivity contribution in [1.82, 2.24) is 5.32 Å². The van der Waals surface area contributed by atoms with E-state index in [4.69, 9.17) is 9.47 Å². The lowest BCUT2D eigenvalue weighted by atomic mass is 9.89. The summed E-state index contributed by atoms with van der Waals surface area (Å²) in [4.78, 5) is 0. The average molecular weight is 277 g/mol. The second-order valence-electron chi connectivity index (χ2n) is 6.08. The van der Waals surface area contributed by atoms with E-state index >= 15 is 0 Å². The predicted molar refractivity (Wildman–Crippen MR) is 82.2 cm³/mol. The van der Waals surface area contributed by atoms with Gasteiger partial charge in [-0.25, -0.2) is 0 Å². The van der Waals surface area contributed by atoms with Crippen LogP contribution in [0.3, 0.4) is 0 Å². The zero-order valence-electron chi connectivity index (χ0n) is 12.9. The Morgan fingerprint density at radius 1 is 1.30 bits per heavy atom. The van der Waals surface area contributed by atoms with Crippen LogP contribution >= 0.6 is 0 Å². The quantitative estimate of drug-likeness (QED) is 0.771. The van der Waals surface area contributed by atoms with Crippen molar-refractivity contribution in [2.75, 3.05) is 19.8 Å². The Balaban J connectivity index is 1.87. The van der Waals surface area contributed by atoms with E-state index in [1.54, 1.807) is 0 Å². The molecule has 0 amide bonds. The molecule has 112 valence electrons. The number of hydrogen-bond donors (Lipinski definition) is 1. The minimum Gasteiger partial charge on any atom is -0.487 e. The van der Waals surface area contributed by atoms with Gasteiger partial charge in [-0.2, -0.15) is 0 Å². The fourth-order valence-corrected chi connectivity index (χ4v) is 2.68. The van der Waals surface area contributed by atoms with Gasteiger partial charge in [-0.1, -0.05) is 25.1 Å². The lowest BCUT2D eigenvalue weighted by Gasteiger charge is -2.38. The fraction of sp³-hybridized carbons (Fsp3) is 0.647. The summed E-state index contributed by atoms with van der Waals surface area (Å²) in [5.74, 6) is 1.02. The lowest BCUT2D eigenvalue weighted by molar-refractivity contribution is 0.0651. The minimum atomic E-state index is -0.106. The standard InChI is InChI=1S/C17H27NO2/c1-4-11-19-12-7-10-18-15-13-17(2,3)20-16-9-6-5-8-14(15)16/h5-6,8-9,15,18H,4,7,10-13H2,1-3H3. The predicted octanol–water partition coefficient (Wildman–Crippen LogP) is 3.70. The highest BCUT2D eigenvalue weighted by molar-refractivity contribution is 5.38. The van der Waals surface area contributed by atoms with Crippen LogP contribution in [-0.2, 0) is 4.74 Å². The van der Waals surface area contributed by atoms with Crippen molar-refractivity contribution in [3.63, 3.8) is 0 Å². The van der Waals surface area contributed by atoms with Crippen LogP contribution in [-0.4, -0.2) is 25.4 Å². The second kappa shape index (κ2) is 7.09. The fourth-order valence-electron chi connectivity index (χ4n) is 2.68. The Morgan fingerprint density at radius 3 is 2.90 bits per heavy atom. The zero-order chi connectivity index (χ0) is 14.4. The first-order valence-corrected chi connectivity index (χ1v) is 7.71. The van der Waals surface area contributed by atoms with E-state index in [-0.39, 0.29) is 5.60 Å². The van der Waals surface area contributed by atoms with Crippen LogP contribution in [0.4, 0.5) is 0 Å². The molecule has 3 nitrogen and oxygen atoms in total. The highest BCUT2D eigenvalue weighted by atomic mass is 16.5. The Labute approximate surface area is 122 Å². The largest absolute Gasteiger partial charge is 0.487 e. The Morgan fingerprint density at radius 2 is 2.10 bits per heavy atom. The van der Waals surface area contributed by atoms with E-state index in [0.29, 0.717) is 6.04 Å². The highest BCUT2D eigenvalue weighted by Crippen LogP contribution is 2.39. The molecule has 0 aliphatic carbocycles. The molecule has 1 unspecified atom stereocenters. The topological polar surface area (TPSA) is 30.5 Å². The van der Waals surface area contributed by atoms with Gasteiger partial charge in [0.2, 0.25) is 0 Å². The SMILES string of the molecule is CCCOCCCNC1CC(C)(C)Oc2ccccc21. The molecule has 0 aromatic heterocycles. The third kappa shape index (κ3) is 4.22. The third-order valence-corrected chi connectivity index (χ3v) is 3.58. The van der Waals surface area contributed by atoms with E-state index in [1.165, 1.54) is 5.56 Å². The van der Waals surface area contributed by atoms with Gasteiger partial charge >= 0.3 is 0 Å². The molecule has 0 spiro atoms. The summed E-state index contributed by atoms with van der Waals surface area (Å²) in [6, 6.07) is 8.72. The van der Waals surface area contributed by atoms with Gasteiger partial charge in [-0.05, 0) is 39.3 Å². The van der Waals surface area contributed by atoms with Crippen LogP contribution in [0, 0.1) is 0 Å². The molecule has 0 saturated heterocycles. The molecule has 20 heavy (non-hydrogen) atoms. The van der Waals surface area contributed by atoms with Gasteiger partial charge < -0.3 is 14.8 Å². The van der Waals surface area contributed by atoms with Crippen molar-refractivity contribution in [1.29, 1.82) is 0 Å². The molecule has 1 atom stereocenters. The molecule has 1 aliphatic heterocycles. The maximum atomic E-state index is 6.04. The number of benzene rings is 1. The molecule has 1 aliphatic rings. The molecule has 1 N–H and O–H groups in total. The molecule has 0 saturated carbocycles. The zero-order valence-corrected chi connectivity index (χ0v) is 12.9. The van der Waals surface area contributed by atoms with Crippen molar-refractivity contribution >= 4 is 0 Å². The molecule has 0 fully saturated rings. The minimum absolute atomic E-state index is 0.106. The van der Waals surface area contributed by atoms with Crippen molar-refractivity contribution in [3.05, 3.63) is 29.8 Å². The van der Waals surface area contributed by atoms with Crippen LogP contribution in [0.25, 0.3) is 0 Å². The molecular formula is C17H27NO2. The van der Waals surface area contributed by atoms with E-state index in [0.717, 1.165) is 44.8 Å². The summed E-state index contributed by atoms with van der Waals surface area (Å²) in [7, 11) is 0. The van der Waals surface area contributed by atoms with E-state index in [1.807, 2.05) is 6.07 Å². The van der Waals surface area contributed by atoms with Gasteiger partial charge in [-0.15, -0.1) is 0 Å². The van der Waals surface area contributed by atoms with Crippen LogP contribution < -0.4 is 10.1 Å². The normalized spacial score (nSPS) is 20.2. The van der Waals surface area contributed by atoms with E-state index in [9.17, 15) is 0 Å². The maximum absolute atomic E-state index is 6.04. The number of nitrogens with one attached hydrogen (secondary N) is 1. The number of rotatable bonds is 7. The van der Waals surface area contributed by atoms with Crippen LogP contribution in [0.15, 0.2) is 24.3 Å². The first-order chi connectivity index (χ1) is 9.62. The third-order valence-electron chi connectivity index (χ3n) is 3.58. The summed E-state index contributed by atoms with van der Waals surface area (Å²) in [6.45, 7) is 9.14. The van der Waals surface area contributed by atoms with Gasteiger partial charge in [0.15, 0.2) is 0 Å². The summed E-state index contributed by atoms with van der Waals surface area (Å²) >= 11 is 0. The summed E-state index contributed by atoms with van der Waals surface area (Å²) in [6.07, 6.45) is 3.15. The van der Waals surface area contributed by atoms with Gasteiger partial charge in [-0.3, -0.25) is 0 Å². The second-order valence-corrected chi connectivity index (χ2v) is 6.08. The monoisotopic (exact) mass is 277 g/mol. The van der Waals surface area contributed by atoms with Gasteiger partial charge in [0, 0.05) is 31.2 Å². The highest BCUT2D eigenvalue weighted by Gasteiger charge is 2.32. The number of fused-ring (bicyclic) bond motifs is 1. The Hall–Kier alpha value is -1.06. The van der Waals surface area contributed by atoms with E-state index in [2.05, 4.69) is 44.3 Å². The molecule has 3 heteroatoms. The first kappa shape index (κ1) is 15.3. The van der Waals surface area contributed by atoms with Crippen molar-refractivity contribution in [2.24, 2.45) is 0 Å². The smallest absolute Gasteiger partial charge is 0.124 e. The maximum Gasteiger partial charge on any atom is 0.124 e. The molecule has 2 rings (SSSR count). The van der Waals surface area contributed by atoms with Crippen LogP contribution in [0.2, 0.25) is 0 Å². The van der Waals surface area contributed by atoms with Crippen LogP contribution in [0.5, 0.6) is 5.75 Å². The number of ether oxygens (including phenoxy) is 2. The van der Waals surface area contributed by atoms with E-state index < -0.39 is 0 Å². The van der Waals surface area contributed by atoms with Crippen molar-refractivity contribution < 1.29 is 9.47 Å². The lowest BCUT2D eigenvalue weighted by Crippen LogP contribution is -2.39. The van der Waals surface area contributed by atoms with Crippen LogP contribution in [0.1, 0.15) is 51.6 Å². The molecule has 1 aromatic rings. The van der Waals surface area contributed by atoms with Crippen molar-refractivity contribution in [2.45, 2.75) is 51.7 Å². The Bertz CT molecular complexity index is 417. The molecule has 0 bridgehead atoms. The number of para-hydroxylation sites is 1. The summed E-state index contributed by atoms with van der Waals surface area (Å²) < 4.78 is 11.6. The number of hydrogen-bond acceptors (Lipinski definition) is 3. The first-order valence-electron chi connectivity index (χ1n) is 7.71. The molecular weight excluding hydrogens is 250 g/mol. The molecule has 1 heterocycles. The van der Waals surface area contributed by atoms with Gasteiger partial charge in [0.25, 0.3) is 0 Å². The van der Waals surface area contributed by atoms with Crippen molar-refractivity contribution in [3.8, 4) is 5.75 Å². The Kier molecular flexibility index (Phi) is 5.44. The average Bonchev–Trinajstić information content (AvgIpc) is 2.41. The van der Waals surface area contributed by atoms with Gasteiger partial charge in [0.1, 0.15) is 11.4 Å². The van der Waals surface area contributed by atoms with Gasteiger partial charge in [0.05, 0.1) is 0 Å². The summed E-state index contributed by atoms with van der Waals surface area (Å²) in [5.41, 5.74) is 1.17.